The number of aryl methyl sites for hydroxylation is 1. The van der Waals surface area contributed by atoms with Crippen molar-refractivity contribution < 1.29 is 14.3 Å². The molecule has 0 spiro atoms. The number of aromatic nitrogens is 2. The highest BCUT2D eigenvalue weighted by molar-refractivity contribution is 6.01. The summed E-state index contributed by atoms with van der Waals surface area (Å²) in [6, 6.07) is 18.4. The van der Waals surface area contributed by atoms with Crippen LogP contribution in [0.4, 0.5) is 16.2 Å². The molecule has 0 aliphatic heterocycles. The van der Waals surface area contributed by atoms with Gasteiger partial charge in [-0.1, -0.05) is 59.2 Å². The number of methoxy groups -OCH3 is 1. The van der Waals surface area contributed by atoms with E-state index >= 15 is 0 Å². The molecule has 2 aromatic heterocycles. The number of para-hydroxylation sites is 1. The van der Waals surface area contributed by atoms with E-state index in [0.29, 0.717) is 17.9 Å². The molecule has 0 fully saturated rings. The Morgan fingerprint density at radius 3 is 2.16 bits per heavy atom. The number of hydrogen-bond acceptors (Lipinski definition) is 5. The summed E-state index contributed by atoms with van der Waals surface area (Å²) < 4.78 is 13.0. The van der Waals surface area contributed by atoms with Crippen molar-refractivity contribution in [3.63, 3.8) is 0 Å². The van der Waals surface area contributed by atoms with Crippen LogP contribution in [0.15, 0.2) is 84.0 Å². The number of urea groups is 1. The molecule has 2 aromatic carbocycles. The van der Waals surface area contributed by atoms with Gasteiger partial charge in [0.25, 0.3) is 5.56 Å². The summed E-state index contributed by atoms with van der Waals surface area (Å²) in [4.78, 5) is 31.4. The fraction of sp³-hybridized carbons (Fsp3) is 0.343. The SMILES string of the molecule is CCCCc1ccn(-c2ccc(OC(OC)c3cccnc3)cc2)c(=O)c1NC(=O)Nc1c(C(C)C)cccc1C(C)C. The molecule has 0 aliphatic rings. The lowest BCUT2D eigenvalue weighted by Gasteiger charge is -2.21. The van der Waals surface area contributed by atoms with Crippen molar-refractivity contribution in [1.29, 1.82) is 0 Å². The number of hydrogen-bond donors (Lipinski definition) is 2. The zero-order chi connectivity index (χ0) is 30.9. The Kier molecular flexibility index (Phi) is 10.7. The third-order valence-electron chi connectivity index (χ3n) is 7.36. The van der Waals surface area contributed by atoms with Crippen molar-refractivity contribution >= 4 is 17.4 Å². The molecule has 0 saturated heterocycles. The molecule has 2 N–H and O–H groups in total. The van der Waals surface area contributed by atoms with Gasteiger partial charge in [0.05, 0.1) is 0 Å². The Morgan fingerprint density at radius 2 is 1.58 bits per heavy atom. The van der Waals surface area contributed by atoms with Crippen molar-refractivity contribution in [2.45, 2.75) is 72.0 Å². The van der Waals surface area contributed by atoms with Crippen LogP contribution in [0, 0.1) is 0 Å². The third-order valence-corrected chi connectivity index (χ3v) is 7.36. The highest BCUT2D eigenvalue weighted by Crippen LogP contribution is 2.32. The number of pyridine rings is 2. The van der Waals surface area contributed by atoms with E-state index in [0.717, 1.165) is 40.8 Å². The Bertz CT molecular complexity index is 1540. The number of anilines is 2. The first-order valence-corrected chi connectivity index (χ1v) is 14.9. The van der Waals surface area contributed by atoms with E-state index in [4.69, 9.17) is 9.47 Å². The van der Waals surface area contributed by atoms with Gasteiger partial charge in [-0.3, -0.25) is 14.3 Å². The largest absolute Gasteiger partial charge is 0.461 e. The zero-order valence-corrected chi connectivity index (χ0v) is 25.9. The number of unbranched alkanes of at least 4 members (excludes halogenated alkanes) is 1. The summed E-state index contributed by atoms with van der Waals surface area (Å²) >= 11 is 0. The molecule has 226 valence electrons. The lowest BCUT2D eigenvalue weighted by Crippen LogP contribution is -2.29. The fourth-order valence-corrected chi connectivity index (χ4v) is 5.02. The molecule has 8 heteroatoms. The van der Waals surface area contributed by atoms with Gasteiger partial charge in [-0.25, -0.2) is 4.79 Å². The summed E-state index contributed by atoms with van der Waals surface area (Å²) in [7, 11) is 1.57. The minimum atomic E-state index is -0.619. The van der Waals surface area contributed by atoms with Gasteiger partial charge in [0, 0.05) is 42.6 Å². The second-order valence-electron chi connectivity index (χ2n) is 11.2. The lowest BCUT2D eigenvalue weighted by atomic mass is 9.93. The number of carbonyl (C=O) groups is 1. The van der Waals surface area contributed by atoms with Gasteiger partial charge >= 0.3 is 6.03 Å². The van der Waals surface area contributed by atoms with Gasteiger partial charge in [-0.15, -0.1) is 0 Å². The van der Waals surface area contributed by atoms with E-state index in [1.54, 1.807) is 50.0 Å². The van der Waals surface area contributed by atoms with Crippen LogP contribution in [0.3, 0.4) is 0 Å². The average Bonchev–Trinajstić information content (AvgIpc) is 3.01. The average molecular weight is 583 g/mol. The van der Waals surface area contributed by atoms with Crippen molar-refractivity contribution in [3.8, 4) is 11.4 Å². The fourth-order valence-electron chi connectivity index (χ4n) is 5.02. The van der Waals surface area contributed by atoms with Crippen molar-refractivity contribution in [1.82, 2.24) is 9.55 Å². The summed E-state index contributed by atoms with van der Waals surface area (Å²) in [5.41, 5.74) is 5.12. The molecule has 0 aliphatic carbocycles. The zero-order valence-electron chi connectivity index (χ0n) is 25.9. The topological polar surface area (TPSA) is 94.5 Å². The minimum Gasteiger partial charge on any atom is -0.461 e. The van der Waals surface area contributed by atoms with Crippen LogP contribution < -0.4 is 20.9 Å². The van der Waals surface area contributed by atoms with Crippen LogP contribution in [0.2, 0.25) is 0 Å². The first-order chi connectivity index (χ1) is 20.7. The molecule has 0 bridgehead atoms. The van der Waals surface area contributed by atoms with Crippen LogP contribution in [0.1, 0.15) is 87.8 Å². The van der Waals surface area contributed by atoms with Crippen LogP contribution in [-0.2, 0) is 11.2 Å². The number of ether oxygens (including phenoxy) is 2. The van der Waals surface area contributed by atoms with Crippen LogP contribution in [-0.4, -0.2) is 22.7 Å². The Labute approximate surface area is 254 Å². The van der Waals surface area contributed by atoms with E-state index in [1.807, 2.05) is 36.4 Å². The van der Waals surface area contributed by atoms with E-state index in [2.05, 4.69) is 50.2 Å². The number of carbonyl (C=O) groups excluding carboxylic acids is 1. The molecular formula is C35H42N4O4. The van der Waals surface area contributed by atoms with Crippen molar-refractivity contribution in [2.75, 3.05) is 17.7 Å². The van der Waals surface area contributed by atoms with E-state index in [1.165, 1.54) is 4.57 Å². The first-order valence-electron chi connectivity index (χ1n) is 14.9. The summed E-state index contributed by atoms with van der Waals surface area (Å²) in [6.07, 6.45) is 7.07. The van der Waals surface area contributed by atoms with Crippen LogP contribution in [0.5, 0.6) is 5.75 Å². The summed E-state index contributed by atoms with van der Waals surface area (Å²) in [5.74, 6) is 1.02. The van der Waals surface area contributed by atoms with Gasteiger partial charge in [-0.2, -0.15) is 0 Å². The number of nitrogens with zero attached hydrogens (tertiary/aromatic N) is 2. The standard InChI is InChI=1S/C35H42N4O4/c1-7-8-11-25-19-21-39(27-15-17-28(18-16-27)43-34(42-6)26-12-10-20-36-22-26)33(40)31(25)37-35(41)38-32-29(23(2)3)13-9-14-30(32)24(4)5/h9-10,12-24,34H,7-8,11H2,1-6H3,(H2,37,38,41). The summed E-state index contributed by atoms with van der Waals surface area (Å²) in [6.45, 7) is 10.5. The van der Waals surface area contributed by atoms with Crippen LogP contribution in [0.25, 0.3) is 5.69 Å². The summed E-state index contributed by atoms with van der Waals surface area (Å²) in [5, 5.41) is 5.99. The second kappa shape index (κ2) is 14.6. The van der Waals surface area contributed by atoms with Gasteiger partial charge in [-0.05, 0) is 83.8 Å². The molecule has 0 saturated carbocycles. The molecule has 1 atom stereocenters. The Hall–Kier alpha value is -4.43. The predicted octanol–water partition coefficient (Wildman–Crippen LogP) is 8.19. The molecule has 4 rings (SSSR count). The van der Waals surface area contributed by atoms with Gasteiger partial charge in [0.2, 0.25) is 6.29 Å². The van der Waals surface area contributed by atoms with Gasteiger partial charge in [0.15, 0.2) is 0 Å². The second-order valence-corrected chi connectivity index (χ2v) is 11.2. The van der Waals surface area contributed by atoms with E-state index in [-0.39, 0.29) is 23.1 Å². The maximum Gasteiger partial charge on any atom is 0.323 e. The highest BCUT2D eigenvalue weighted by Gasteiger charge is 2.19. The quantitative estimate of drug-likeness (QED) is 0.164. The monoisotopic (exact) mass is 582 g/mol. The minimum absolute atomic E-state index is 0.221. The number of benzene rings is 2. The maximum atomic E-state index is 13.8. The smallest absolute Gasteiger partial charge is 0.323 e. The molecule has 0 radical (unpaired) electrons. The van der Waals surface area contributed by atoms with Gasteiger partial charge < -0.3 is 20.1 Å². The van der Waals surface area contributed by atoms with Gasteiger partial charge in [0.1, 0.15) is 11.4 Å². The predicted molar refractivity (Wildman–Crippen MR) is 173 cm³/mol. The molecule has 4 aromatic rings. The van der Waals surface area contributed by atoms with E-state index in [9.17, 15) is 9.59 Å². The number of rotatable bonds is 12. The Balaban J connectivity index is 1.62. The number of nitrogens with one attached hydrogen (secondary N) is 2. The van der Waals surface area contributed by atoms with Crippen molar-refractivity contribution in [2.24, 2.45) is 0 Å². The molecule has 2 heterocycles. The normalized spacial score (nSPS) is 11.9. The maximum absolute atomic E-state index is 13.8. The highest BCUT2D eigenvalue weighted by atomic mass is 16.7. The molecular weight excluding hydrogens is 540 g/mol. The molecule has 2 amide bonds. The van der Waals surface area contributed by atoms with E-state index < -0.39 is 12.3 Å². The Morgan fingerprint density at radius 1 is 0.907 bits per heavy atom. The first kappa shape index (κ1) is 31.5. The van der Waals surface area contributed by atoms with Crippen LogP contribution >= 0.6 is 0 Å². The molecule has 1 unspecified atom stereocenters. The molecule has 8 nitrogen and oxygen atoms in total. The van der Waals surface area contributed by atoms with Crippen molar-refractivity contribution in [3.05, 3.63) is 112 Å². The number of amides is 2. The lowest BCUT2D eigenvalue weighted by molar-refractivity contribution is -0.0564. The third kappa shape index (κ3) is 7.70. The molecule has 43 heavy (non-hydrogen) atoms.